The highest BCUT2D eigenvalue weighted by molar-refractivity contribution is 6.01. The smallest absolute Gasteiger partial charge is 0.306 e. The lowest BCUT2D eigenvalue weighted by molar-refractivity contribution is -0.155. The Morgan fingerprint density at radius 3 is 2.57 bits per heavy atom. The molecule has 0 aliphatic carbocycles. The molecule has 1 heterocycles. The van der Waals surface area contributed by atoms with Crippen LogP contribution in [-0.2, 0) is 25.6 Å². The number of amides is 1. The van der Waals surface area contributed by atoms with Crippen LogP contribution in [0, 0.1) is 6.92 Å². The summed E-state index contributed by atoms with van der Waals surface area (Å²) in [6, 6.07) is 21.6. The summed E-state index contributed by atoms with van der Waals surface area (Å²) in [5, 5.41) is 12.9. The van der Waals surface area contributed by atoms with Gasteiger partial charge in [-0.05, 0) is 69.5 Å². The minimum absolute atomic E-state index is 0.0225. The van der Waals surface area contributed by atoms with Gasteiger partial charge >= 0.3 is 5.97 Å². The van der Waals surface area contributed by atoms with Gasteiger partial charge in [0, 0.05) is 47.7 Å². The van der Waals surface area contributed by atoms with Gasteiger partial charge in [-0.2, -0.15) is 0 Å². The average Bonchev–Trinajstić information content (AvgIpc) is 3.41. The molecule has 242 valence electrons. The molecule has 12 heteroatoms. The Bertz CT molecular complexity index is 1600. The number of benzene rings is 3. The molecular formula is C34H40N6O6. The fourth-order valence-electron chi connectivity index (χ4n) is 5.04. The Kier molecular flexibility index (Phi) is 11.4. The van der Waals surface area contributed by atoms with Crippen LogP contribution in [0.5, 0.6) is 5.75 Å². The molecule has 3 aromatic carbocycles. The second-order valence-electron chi connectivity index (χ2n) is 11.9. The van der Waals surface area contributed by atoms with E-state index in [-0.39, 0.29) is 31.0 Å². The maximum atomic E-state index is 14.3. The maximum absolute atomic E-state index is 14.3. The van der Waals surface area contributed by atoms with Crippen LogP contribution in [-0.4, -0.2) is 47.2 Å². The van der Waals surface area contributed by atoms with Crippen molar-refractivity contribution >= 4 is 23.5 Å². The molecule has 0 fully saturated rings. The second-order valence-corrected chi connectivity index (χ2v) is 11.9. The van der Waals surface area contributed by atoms with Crippen molar-refractivity contribution in [2.75, 3.05) is 13.2 Å². The van der Waals surface area contributed by atoms with Crippen LogP contribution in [0.3, 0.4) is 0 Å². The Labute approximate surface area is 268 Å². The first-order valence-corrected chi connectivity index (χ1v) is 15.1. The van der Waals surface area contributed by atoms with E-state index < -0.39 is 29.1 Å². The first-order valence-electron chi connectivity index (χ1n) is 15.1. The SMILES string of the molecule is Cc1cccc(CNNC(=O)[C@@]2(CCC(=O)OC(C)(C)C)N=C(c3ccc(OCCCO)cc3)O[C@H]2c2ccccc2N=[N+]=[N-])c1. The van der Waals surface area contributed by atoms with E-state index >= 15 is 0 Å². The number of nitrogens with zero attached hydrogens (tertiary/aromatic N) is 4. The molecule has 1 amide bonds. The van der Waals surface area contributed by atoms with Crippen LogP contribution >= 0.6 is 0 Å². The second kappa shape index (κ2) is 15.4. The summed E-state index contributed by atoms with van der Waals surface area (Å²) in [6.45, 7) is 8.02. The van der Waals surface area contributed by atoms with Gasteiger partial charge in [0.05, 0.1) is 6.61 Å². The average molecular weight is 629 g/mol. The number of aliphatic hydroxyl groups is 1. The summed E-state index contributed by atoms with van der Waals surface area (Å²) in [5.74, 6) is -0.276. The van der Waals surface area contributed by atoms with Crippen molar-refractivity contribution in [3.05, 3.63) is 105 Å². The normalized spacial score (nSPS) is 17.3. The summed E-state index contributed by atoms with van der Waals surface area (Å²) in [6.07, 6.45) is -0.772. The standard InChI is InChI=1S/C34H40N6O6/c1-23-9-7-10-24(21-23)22-36-39-32(43)34(18-17-29(42)46-33(2,3)4)30(27-11-5-6-12-28(27)38-40-35)45-31(37-34)25-13-15-26(16-14-25)44-20-8-19-41/h5-7,9-16,21,30,36,41H,8,17-20,22H2,1-4H3,(H,39,43)/t30-,34-/m0/s1. The van der Waals surface area contributed by atoms with Gasteiger partial charge in [0.15, 0.2) is 11.6 Å². The largest absolute Gasteiger partial charge is 0.494 e. The molecule has 0 saturated heterocycles. The topological polar surface area (TPSA) is 167 Å². The molecule has 0 bridgehead atoms. The van der Waals surface area contributed by atoms with Crippen molar-refractivity contribution in [1.82, 2.24) is 10.9 Å². The zero-order valence-electron chi connectivity index (χ0n) is 26.5. The number of hydrogen-bond donors (Lipinski definition) is 3. The van der Waals surface area contributed by atoms with Crippen LogP contribution in [0.15, 0.2) is 82.9 Å². The number of ether oxygens (including phenoxy) is 3. The van der Waals surface area contributed by atoms with Crippen LogP contribution in [0.25, 0.3) is 10.4 Å². The lowest BCUT2D eigenvalue weighted by Gasteiger charge is -2.31. The first-order chi connectivity index (χ1) is 22.0. The molecule has 46 heavy (non-hydrogen) atoms. The van der Waals surface area contributed by atoms with E-state index in [1.807, 2.05) is 31.2 Å². The van der Waals surface area contributed by atoms with Crippen molar-refractivity contribution in [2.24, 2.45) is 10.1 Å². The van der Waals surface area contributed by atoms with Gasteiger partial charge in [-0.1, -0.05) is 59.2 Å². The van der Waals surface area contributed by atoms with E-state index in [2.05, 4.69) is 20.9 Å². The molecule has 3 aromatic rings. The number of hydrazine groups is 1. The Balaban J connectivity index is 1.74. The molecular weight excluding hydrogens is 588 g/mol. The summed E-state index contributed by atoms with van der Waals surface area (Å²) < 4.78 is 17.7. The monoisotopic (exact) mass is 628 g/mol. The predicted molar refractivity (Wildman–Crippen MR) is 173 cm³/mol. The lowest BCUT2D eigenvalue weighted by atomic mass is 9.83. The summed E-state index contributed by atoms with van der Waals surface area (Å²) in [7, 11) is 0. The number of azide groups is 1. The quantitative estimate of drug-likeness (QED) is 0.0499. The van der Waals surface area contributed by atoms with Crippen molar-refractivity contribution in [3.63, 3.8) is 0 Å². The number of nitrogens with one attached hydrogen (secondary N) is 2. The van der Waals surface area contributed by atoms with Gasteiger partial charge in [-0.25, -0.2) is 10.4 Å². The van der Waals surface area contributed by atoms with Crippen LogP contribution in [0.1, 0.15) is 68.4 Å². The molecule has 4 rings (SSSR count). The molecule has 0 aromatic heterocycles. The van der Waals surface area contributed by atoms with Gasteiger partial charge in [-0.15, -0.1) is 0 Å². The van der Waals surface area contributed by atoms with E-state index in [4.69, 9.17) is 24.3 Å². The highest BCUT2D eigenvalue weighted by Gasteiger charge is 2.54. The molecule has 0 unspecified atom stereocenters. The molecule has 1 aliphatic rings. The number of aryl methyl sites for hydroxylation is 1. The van der Waals surface area contributed by atoms with E-state index in [1.165, 1.54) is 0 Å². The van der Waals surface area contributed by atoms with Crippen molar-refractivity contribution in [1.29, 1.82) is 0 Å². The zero-order valence-corrected chi connectivity index (χ0v) is 26.5. The Hall–Kier alpha value is -4.90. The predicted octanol–water partition coefficient (Wildman–Crippen LogP) is 5.90. The number of rotatable bonds is 14. The van der Waals surface area contributed by atoms with E-state index in [0.717, 1.165) is 11.1 Å². The van der Waals surface area contributed by atoms with E-state index in [0.29, 0.717) is 36.4 Å². The number of carbonyl (C=O) groups excluding carboxylic acids is 2. The third-order valence-electron chi connectivity index (χ3n) is 7.11. The fourth-order valence-corrected chi connectivity index (χ4v) is 5.04. The molecule has 2 atom stereocenters. The molecule has 12 nitrogen and oxygen atoms in total. The van der Waals surface area contributed by atoms with Crippen molar-refractivity contribution in [3.8, 4) is 5.75 Å². The zero-order chi connectivity index (χ0) is 33.2. The van der Waals surface area contributed by atoms with Gasteiger partial charge in [0.1, 0.15) is 11.4 Å². The number of aliphatic imine (C=N–C) groups is 1. The van der Waals surface area contributed by atoms with Crippen LogP contribution in [0.4, 0.5) is 5.69 Å². The van der Waals surface area contributed by atoms with E-state index in [1.54, 1.807) is 69.3 Å². The number of esters is 1. The highest BCUT2D eigenvalue weighted by atomic mass is 16.6. The molecule has 1 aliphatic heterocycles. The summed E-state index contributed by atoms with van der Waals surface area (Å²) in [4.78, 5) is 35.1. The molecule has 3 N–H and O–H groups in total. The third kappa shape index (κ3) is 8.85. The maximum Gasteiger partial charge on any atom is 0.306 e. The van der Waals surface area contributed by atoms with Gasteiger partial charge in [0.25, 0.3) is 5.91 Å². The third-order valence-corrected chi connectivity index (χ3v) is 7.11. The number of hydrogen-bond acceptors (Lipinski definition) is 9. The van der Waals surface area contributed by atoms with Crippen LogP contribution < -0.4 is 15.6 Å². The van der Waals surface area contributed by atoms with Crippen molar-refractivity contribution in [2.45, 2.75) is 70.7 Å². The molecule has 0 radical (unpaired) electrons. The van der Waals surface area contributed by atoms with Crippen molar-refractivity contribution < 1.29 is 28.9 Å². The van der Waals surface area contributed by atoms with Gasteiger partial charge < -0.3 is 19.3 Å². The Morgan fingerprint density at radius 1 is 1.11 bits per heavy atom. The number of aliphatic hydroxyl groups excluding tert-OH is 1. The minimum atomic E-state index is -1.66. The Morgan fingerprint density at radius 2 is 1.87 bits per heavy atom. The summed E-state index contributed by atoms with van der Waals surface area (Å²) >= 11 is 0. The first kappa shape index (κ1) is 34.0. The molecule has 0 saturated carbocycles. The summed E-state index contributed by atoms with van der Waals surface area (Å²) in [5.41, 5.74) is 16.0. The minimum Gasteiger partial charge on any atom is -0.494 e. The fraction of sp³-hybridized carbons (Fsp3) is 0.382. The van der Waals surface area contributed by atoms with Gasteiger partial charge in [-0.3, -0.25) is 15.0 Å². The van der Waals surface area contributed by atoms with Crippen LogP contribution in [0.2, 0.25) is 0 Å². The number of carbonyl (C=O) groups is 2. The van der Waals surface area contributed by atoms with E-state index in [9.17, 15) is 15.1 Å². The lowest BCUT2D eigenvalue weighted by Crippen LogP contribution is -2.52. The van der Waals surface area contributed by atoms with Gasteiger partial charge in [0.2, 0.25) is 5.90 Å². The molecule has 0 spiro atoms. The highest BCUT2D eigenvalue weighted by Crippen LogP contribution is 2.46.